The van der Waals surface area contributed by atoms with Crippen molar-refractivity contribution in [2.45, 2.75) is 26.8 Å². The van der Waals surface area contributed by atoms with E-state index < -0.39 is 5.41 Å². The van der Waals surface area contributed by atoms with Crippen LogP contribution in [0.4, 0.5) is 9.52 Å². The lowest BCUT2D eigenvalue weighted by Gasteiger charge is -2.49. The van der Waals surface area contributed by atoms with Crippen LogP contribution in [0.2, 0.25) is 0 Å². The fraction of sp³-hybridized carbons (Fsp3) is 0.350. The molecule has 6 nitrogen and oxygen atoms in total. The van der Waals surface area contributed by atoms with Gasteiger partial charge >= 0.3 is 0 Å². The van der Waals surface area contributed by atoms with Crippen LogP contribution in [0.1, 0.15) is 22.6 Å². The monoisotopic (exact) mass is 400 g/mol. The number of amides is 1. The van der Waals surface area contributed by atoms with Crippen molar-refractivity contribution in [3.63, 3.8) is 0 Å². The third kappa shape index (κ3) is 3.40. The fourth-order valence-corrected chi connectivity index (χ4v) is 4.29. The summed E-state index contributed by atoms with van der Waals surface area (Å²) in [5.74, 6) is 0.315. The summed E-state index contributed by atoms with van der Waals surface area (Å²) in [6, 6.07) is 6.63. The van der Waals surface area contributed by atoms with Crippen LogP contribution in [0.3, 0.4) is 0 Å². The van der Waals surface area contributed by atoms with Gasteiger partial charge in [-0.15, -0.1) is 11.3 Å². The van der Waals surface area contributed by atoms with Gasteiger partial charge in [0.05, 0.1) is 11.1 Å². The van der Waals surface area contributed by atoms with Crippen molar-refractivity contribution in [3.8, 4) is 0 Å². The van der Waals surface area contributed by atoms with Crippen LogP contribution in [0.5, 0.6) is 0 Å². The van der Waals surface area contributed by atoms with Crippen molar-refractivity contribution >= 4 is 22.4 Å². The van der Waals surface area contributed by atoms with Gasteiger partial charge in [0.2, 0.25) is 5.91 Å². The second-order valence-electron chi connectivity index (χ2n) is 7.20. The van der Waals surface area contributed by atoms with Gasteiger partial charge in [0, 0.05) is 36.8 Å². The first-order valence-electron chi connectivity index (χ1n) is 9.06. The molecule has 3 heterocycles. The first-order valence-corrected chi connectivity index (χ1v) is 9.94. The molecule has 1 N–H and O–H groups in total. The van der Waals surface area contributed by atoms with Crippen LogP contribution < -0.4 is 10.2 Å². The molecule has 0 aliphatic carbocycles. The first kappa shape index (κ1) is 18.6. The highest BCUT2D eigenvalue weighted by molar-refractivity contribution is 7.13. The van der Waals surface area contributed by atoms with Gasteiger partial charge < -0.3 is 14.7 Å². The average molecular weight is 400 g/mol. The van der Waals surface area contributed by atoms with E-state index in [1.807, 2.05) is 19.2 Å². The molecule has 0 saturated carbocycles. The molecule has 0 bridgehead atoms. The Bertz CT molecular complexity index is 961. The molecule has 2 aromatic heterocycles. The van der Waals surface area contributed by atoms with Crippen molar-refractivity contribution in [1.82, 2.24) is 15.5 Å². The third-order valence-corrected chi connectivity index (χ3v) is 6.08. The minimum Gasteiger partial charge on any atom is -0.361 e. The number of halogens is 1. The maximum atomic E-state index is 14.3. The van der Waals surface area contributed by atoms with Gasteiger partial charge in [0.15, 0.2) is 5.13 Å². The van der Waals surface area contributed by atoms with Gasteiger partial charge in [0.25, 0.3) is 0 Å². The Balaban J connectivity index is 1.53. The molecule has 0 radical (unpaired) electrons. The normalized spacial score (nSPS) is 15.3. The van der Waals surface area contributed by atoms with E-state index in [1.54, 1.807) is 24.4 Å². The highest BCUT2D eigenvalue weighted by Crippen LogP contribution is 2.39. The van der Waals surface area contributed by atoms with E-state index >= 15 is 0 Å². The Morgan fingerprint density at radius 3 is 2.79 bits per heavy atom. The van der Waals surface area contributed by atoms with Gasteiger partial charge in [-0.3, -0.25) is 4.79 Å². The van der Waals surface area contributed by atoms with Crippen LogP contribution in [-0.4, -0.2) is 29.1 Å². The van der Waals surface area contributed by atoms with E-state index in [0.29, 0.717) is 37.4 Å². The molecule has 1 fully saturated rings. The number of anilines is 1. The zero-order valence-corrected chi connectivity index (χ0v) is 16.6. The lowest BCUT2D eigenvalue weighted by atomic mass is 9.74. The van der Waals surface area contributed by atoms with E-state index in [-0.39, 0.29) is 11.7 Å². The maximum Gasteiger partial charge on any atom is 0.230 e. The average Bonchev–Trinajstić information content (AvgIpc) is 3.28. The summed E-state index contributed by atoms with van der Waals surface area (Å²) in [5, 5.41) is 9.72. The van der Waals surface area contributed by atoms with E-state index in [2.05, 4.69) is 20.4 Å². The zero-order chi connectivity index (χ0) is 19.7. The topological polar surface area (TPSA) is 71.3 Å². The number of aromatic nitrogens is 2. The molecule has 4 rings (SSSR count). The molecule has 28 heavy (non-hydrogen) atoms. The second kappa shape index (κ2) is 7.35. The van der Waals surface area contributed by atoms with Crippen molar-refractivity contribution in [3.05, 3.63) is 64.2 Å². The molecular weight excluding hydrogens is 379 g/mol. The molecule has 1 amide bonds. The Labute approximate surface area is 166 Å². The predicted molar refractivity (Wildman–Crippen MR) is 105 cm³/mol. The number of hydrogen-bond acceptors (Lipinski definition) is 6. The number of carbonyl (C=O) groups excluding carboxylic acids is 1. The minimum absolute atomic E-state index is 0.0939. The summed E-state index contributed by atoms with van der Waals surface area (Å²) in [4.78, 5) is 19.5. The molecule has 1 saturated heterocycles. The summed E-state index contributed by atoms with van der Waals surface area (Å²) < 4.78 is 19.4. The third-order valence-electron chi connectivity index (χ3n) is 5.25. The number of aryl methyl sites for hydroxylation is 2. The van der Waals surface area contributed by atoms with Gasteiger partial charge in [-0.25, -0.2) is 9.37 Å². The Morgan fingerprint density at radius 2 is 2.14 bits per heavy atom. The minimum atomic E-state index is -0.702. The number of thiazole rings is 1. The largest absolute Gasteiger partial charge is 0.361 e. The number of rotatable bonds is 6. The summed E-state index contributed by atoms with van der Waals surface area (Å²) in [6.45, 7) is 5.02. The molecule has 1 aromatic carbocycles. The molecule has 1 aliphatic heterocycles. The number of nitrogens with zero attached hydrogens (tertiary/aromatic N) is 3. The zero-order valence-electron chi connectivity index (χ0n) is 15.7. The lowest BCUT2D eigenvalue weighted by Crippen LogP contribution is -2.64. The summed E-state index contributed by atoms with van der Waals surface area (Å²) in [7, 11) is 0. The lowest BCUT2D eigenvalue weighted by molar-refractivity contribution is -0.132. The number of carbonyl (C=O) groups is 1. The highest BCUT2D eigenvalue weighted by Gasteiger charge is 2.50. The van der Waals surface area contributed by atoms with E-state index in [0.717, 1.165) is 16.4 Å². The van der Waals surface area contributed by atoms with E-state index in [1.165, 1.54) is 17.4 Å². The van der Waals surface area contributed by atoms with Gasteiger partial charge in [-0.2, -0.15) is 0 Å². The first-order chi connectivity index (χ1) is 13.5. The van der Waals surface area contributed by atoms with Crippen LogP contribution >= 0.6 is 11.3 Å². The maximum absolute atomic E-state index is 14.3. The Morgan fingerprint density at radius 1 is 1.36 bits per heavy atom. The molecule has 1 aliphatic rings. The SMILES string of the molecule is Cc1noc(C)c1CNC(=O)C1(Cc2ccccc2F)CN(c2nccs2)C1. The standard InChI is InChI=1S/C20H21FN4O2S/c1-13-16(14(2)27-24-13)10-23-18(26)20(9-15-5-3-4-6-17(15)21)11-25(12-20)19-22-7-8-28-19/h3-8H,9-12H2,1-2H3,(H,23,26). The predicted octanol–water partition coefficient (Wildman–Crippen LogP) is 3.25. The fourth-order valence-electron chi connectivity index (χ4n) is 3.64. The summed E-state index contributed by atoms with van der Waals surface area (Å²) in [5.41, 5.74) is 1.49. The molecule has 0 spiro atoms. The Hall–Kier alpha value is -2.74. The molecule has 146 valence electrons. The van der Waals surface area contributed by atoms with Gasteiger partial charge in [-0.1, -0.05) is 23.4 Å². The van der Waals surface area contributed by atoms with Crippen LogP contribution in [0, 0.1) is 25.1 Å². The van der Waals surface area contributed by atoms with Gasteiger partial charge in [0.1, 0.15) is 11.6 Å². The van der Waals surface area contributed by atoms with Crippen LogP contribution in [0.25, 0.3) is 0 Å². The van der Waals surface area contributed by atoms with E-state index in [9.17, 15) is 9.18 Å². The molecule has 0 unspecified atom stereocenters. The van der Waals surface area contributed by atoms with E-state index in [4.69, 9.17) is 4.52 Å². The molecule has 8 heteroatoms. The van der Waals surface area contributed by atoms with Crippen molar-refractivity contribution in [2.75, 3.05) is 18.0 Å². The molecule has 3 aromatic rings. The molecular formula is C20H21FN4O2S. The van der Waals surface area contributed by atoms with Crippen molar-refractivity contribution in [1.29, 1.82) is 0 Å². The highest BCUT2D eigenvalue weighted by atomic mass is 32.1. The van der Waals surface area contributed by atoms with Crippen molar-refractivity contribution in [2.24, 2.45) is 5.41 Å². The smallest absolute Gasteiger partial charge is 0.230 e. The summed E-state index contributed by atoms with van der Waals surface area (Å²) >= 11 is 1.53. The quantitative estimate of drug-likeness (QED) is 0.688. The number of nitrogens with one attached hydrogen (secondary N) is 1. The van der Waals surface area contributed by atoms with Crippen LogP contribution in [-0.2, 0) is 17.8 Å². The van der Waals surface area contributed by atoms with Gasteiger partial charge in [-0.05, 0) is 31.9 Å². The Kier molecular flexibility index (Phi) is 4.89. The summed E-state index contributed by atoms with van der Waals surface area (Å²) in [6.07, 6.45) is 2.09. The number of hydrogen-bond donors (Lipinski definition) is 1. The van der Waals surface area contributed by atoms with Crippen LogP contribution in [0.15, 0.2) is 40.4 Å². The second-order valence-corrected chi connectivity index (χ2v) is 8.08. The van der Waals surface area contributed by atoms with Crippen molar-refractivity contribution < 1.29 is 13.7 Å². The number of benzene rings is 1. The molecule has 0 atom stereocenters.